The van der Waals surface area contributed by atoms with Gasteiger partial charge in [0.1, 0.15) is 47.8 Å². The van der Waals surface area contributed by atoms with E-state index < -0.39 is 166 Å². The lowest BCUT2D eigenvalue weighted by atomic mass is 9.90. The molecular weight excluding hydrogens is 1290 g/mol. The van der Waals surface area contributed by atoms with E-state index in [4.69, 9.17) is 21.1 Å². The van der Waals surface area contributed by atoms with Crippen LogP contribution in [0.1, 0.15) is 158 Å². The van der Waals surface area contributed by atoms with Crippen LogP contribution in [0.5, 0.6) is 0 Å². The zero-order valence-electron chi connectivity index (χ0n) is 60.1. The first kappa shape index (κ1) is 82.8. The normalized spacial score (nSPS) is 25.4. The van der Waals surface area contributed by atoms with Gasteiger partial charge in [0.05, 0.1) is 49.1 Å². The van der Waals surface area contributed by atoms with E-state index >= 15 is 9.59 Å². The molecule has 1 unspecified atom stereocenters. The van der Waals surface area contributed by atoms with Gasteiger partial charge in [-0.25, -0.2) is 0 Å². The SMILES string of the molecule is CCCOC[C@H]1C(=O)N(C)CC(=O)N[C@@H](CCc2ccc(C(F)(F)F)c(Cl)c2)C(=O)N(CCOCC(C)(C)O)CC(=O)NC2(CCCC2)C(=O)N(C)[C@@H]([C@@H](C)CC)C(=O)N(C)[C@H](C)CC(=O)N(C)[C@@H](CC(C)C)C(=O)N[C@@H]([C@@H](C)CC)C(=O)N(C)[C@@H](C)C(=O)N2CCC2C(=O)N1C. The molecular formula is C68H109ClF3N11O14. The first-order chi connectivity index (χ1) is 45.2. The van der Waals surface area contributed by atoms with Crippen LogP contribution in [0, 0.1) is 17.8 Å². The molecule has 1 aromatic rings. The smallest absolute Gasteiger partial charge is 0.388 e. The zero-order chi connectivity index (χ0) is 73.4. The fourth-order valence-electron chi connectivity index (χ4n) is 12.4. The van der Waals surface area contributed by atoms with Gasteiger partial charge in [0.25, 0.3) is 0 Å². The minimum Gasteiger partial charge on any atom is -0.388 e. The Hall–Kier alpha value is -6.65. The van der Waals surface area contributed by atoms with Crippen molar-refractivity contribution in [2.45, 2.75) is 219 Å². The number of nitrogens with one attached hydrogen (secondary N) is 3. The predicted octanol–water partition coefficient (Wildman–Crippen LogP) is 4.51. The molecule has 29 heteroatoms. The van der Waals surface area contributed by atoms with Crippen molar-refractivity contribution < 1.29 is 80.5 Å². The number of amides is 11. The standard InChI is InChI=1S/C68H109ClF3N11O14/c1-18-32-96-39-52-61(90)76(12)37-53(84)73-49(26-24-46-23-25-47(48(69)36-46)68(70,71)72)60(89)82(31-33-97-40-66(10,11)95)38-54(85)75-67(28-21-22-29-67)65(94)81(17)57(43(7)20-3)64(93)77(13)44(8)35-55(86)79(15)51(34-41(4)5)58(87)74-56(42(6)19-2)63(92)78(14)45(9)59(88)83-30-27-50(83)62(91)80(52)16/h23,25,36,41-45,49-52,56-57,95H,18-22,24,26-35,37-40H2,1-17H3,(H,73,84)(H,74,87)(H,75,85)/t42-,43-,44+,45-,49-,50?,51-,52-,56-,57-/m0/s1. The number of fused-ring (bicyclic) bond motifs is 1. The Balaban J connectivity index is 1.89. The quantitative estimate of drug-likeness (QED) is 0.147. The Morgan fingerprint density at radius 1 is 0.711 bits per heavy atom. The molecule has 1 saturated carbocycles. The van der Waals surface area contributed by atoms with Crippen LogP contribution >= 0.6 is 11.6 Å². The highest BCUT2D eigenvalue weighted by molar-refractivity contribution is 6.31. The average molecular weight is 1400 g/mol. The third kappa shape index (κ3) is 22.2. The minimum atomic E-state index is -4.79. The fraction of sp³-hybridized carbons (Fsp3) is 0.750. The highest BCUT2D eigenvalue weighted by Crippen LogP contribution is 2.36. The number of likely N-dealkylation sites (N-methyl/N-ethyl adjacent to an activating group) is 6. The minimum absolute atomic E-state index is 0.115. The van der Waals surface area contributed by atoms with Gasteiger partial charge >= 0.3 is 6.18 Å². The third-order valence-electron chi connectivity index (χ3n) is 19.2. The maximum absolute atomic E-state index is 15.3. The second kappa shape index (κ2) is 36.4. The Kier molecular flexibility index (Phi) is 31.1. The molecule has 2 saturated heterocycles. The summed E-state index contributed by atoms with van der Waals surface area (Å²) in [6, 6.07) is -6.38. The van der Waals surface area contributed by atoms with Crippen LogP contribution in [-0.4, -0.2) is 264 Å². The maximum Gasteiger partial charge on any atom is 0.417 e. The van der Waals surface area contributed by atoms with Gasteiger partial charge in [-0.2, -0.15) is 13.2 Å². The van der Waals surface area contributed by atoms with Crippen molar-refractivity contribution in [2.24, 2.45) is 17.8 Å². The number of hydrogen-bond acceptors (Lipinski definition) is 14. The summed E-state index contributed by atoms with van der Waals surface area (Å²) in [5, 5.41) is 18.4. The van der Waals surface area contributed by atoms with Crippen molar-refractivity contribution in [3.63, 3.8) is 0 Å². The van der Waals surface area contributed by atoms with Crippen molar-refractivity contribution in [1.82, 2.24) is 55.1 Å². The first-order valence-corrected chi connectivity index (χ1v) is 34.4. The Labute approximate surface area is 575 Å². The molecule has 2 aliphatic heterocycles. The number of carbonyl (C=O) groups is 11. The largest absolute Gasteiger partial charge is 0.417 e. The summed E-state index contributed by atoms with van der Waals surface area (Å²) in [4.78, 5) is 172. The van der Waals surface area contributed by atoms with Gasteiger partial charge in [-0.05, 0) is 108 Å². The number of benzene rings is 1. The van der Waals surface area contributed by atoms with E-state index in [0.717, 1.165) is 26.8 Å². The molecule has 4 N–H and O–H groups in total. The van der Waals surface area contributed by atoms with Crippen LogP contribution in [0.3, 0.4) is 0 Å². The van der Waals surface area contributed by atoms with E-state index in [9.17, 15) is 61.4 Å². The van der Waals surface area contributed by atoms with E-state index in [1.54, 1.807) is 20.8 Å². The van der Waals surface area contributed by atoms with Gasteiger partial charge in [0, 0.05) is 74.4 Å². The molecule has 3 aliphatic rings. The van der Waals surface area contributed by atoms with Gasteiger partial charge in [0.15, 0.2) is 0 Å². The van der Waals surface area contributed by atoms with Crippen molar-refractivity contribution in [3.05, 3.63) is 34.3 Å². The van der Waals surface area contributed by atoms with Gasteiger partial charge in [0.2, 0.25) is 65.0 Å². The summed E-state index contributed by atoms with van der Waals surface area (Å²) >= 11 is 6.13. The van der Waals surface area contributed by atoms with E-state index in [2.05, 4.69) is 16.0 Å². The molecule has 11 amide bonds. The Morgan fingerprint density at radius 2 is 1.34 bits per heavy atom. The number of hydrogen-bond donors (Lipinski definition) is 4. The molecule has 3 fully saturated rings. The number of halogens is 4. The molecule has 0 aromatic heterocycles. The van der Waals surface area contributed by atoms with Crippen LogP contribution in [-0.2, 0) is 74.8 Å². The summed E-state index contributed by atoms with van der Waals surface area (Å²) in [5.41, 5.74) is -3.80. The molecule has 0 radical (unpaired) electrons. The topological polar surface area (TPSA) is 288 Å². The van der Waals surface area contributed by atoms with Gasteiger partial charge in [-0.3, -0.25) is 52.7 Å². The number of alkyl halides is 3. The maximum atomic E-state index is 15.3. The molecule has 4 rings (SSSR count). The second-order valence-corrected chi connectivity index (χ2v) is 28.3. The fourth-order valence-corrected chi connectivity index (χ4v) is 12.7. The van der Waals surface area contributed by atoms with Gasteiger partial charge in [-0.1, -0.05) is 91.8 Å². The predicted molar refractivity (Wildman–Crippen MR) is 358 cm³/mol. The number of rotatable bonds is 18. The number of ether oxygens (including phenoxy) is 2. The number of nitrogens with zero attached hydrogens (tertiary/aromatic N) is 8. The van der Waals surface area contributed by atoms with Crippen molar-refractivity contribution in [3.8, 4) is 0 Å². The van der Waals surface area contributed by atoms with Crippen molar-refractivity contribution in [1.29, 1.82) is 0 Å². The number of aliphatic hydroxyl groups is 1. The molecule has 0 bridgehead atoms. The van der Waals surface area contributed by atoms with E-state index in [-0.39, 0.29) is 95.9 Å². The lowest BCUT2D eigenvalue weighted by Gasteiger charge is -2.45. The average Bonchev–Trinajstić information content (AvgIpc) is 1.51. The Morgan fingerprint density at radius 3 is 1.89 bits per heavy atom. The highest BCUT2D eigenvalue weighted by atomic mass is 35.5. The van der Waals surface area contributed by atoms with Crippen LogP contribution in [0.25, 0.3) is 0 Å². The molecule has 25 nitrogen and oxygen atoms in total. The van der Waals surface area contributed by atoms with E-state index in [1.165, 1.54) is 93.6 Å². The van der Waals surface area contributed by atoms with Crippen LogP contribution < -0.4 is 16.0 Å². The molecule has 1 spiro atoms. The lowest BCUT2D eigenvalue weighted by Crippen LogP contribution is -2.65. The molecule has 10 atom stereocenters. The van der Waals surface area contributed by atoms with Crippen molar-refractivity contribution >= 4 is 76.6 Å². The van der Waals surface area contributed by atoms with Crippen LogP contribution in [0.4, 0.5) is 13.2 Å². The molecule has 548 valence electrons. The monoisotopic (exact) mass is 1400 g/mol. The second-order valence-electron chi connectivity index (χ2n) is 27.9. The van der Waals surface area contributed by atoms with Gasteiger partial charge in [-0.15, -0.1) is 0 Å². The van der Waals surface area contributed by atoms with Crippen LogP contribution in [0.15, 0.2) is 18.2 Å². The van der Waals surface area contributed by atoms with Crippen LogP contribution in [0.2, 0.25) is 5.02 Å². The number of aryl methyl sites for hydroxylation is 1. The summed E-state index contributed by atoms with van der Waals surface area (Å²) in [6.07, 6.45) is -2.53. The van der Waals surface area contributed by atoms with E-state index in [0.29, 0.717) is 32.1 Å². The van der Waals surface area contributed by atoms with E-state index in [1.807, 2.05) is 34.6 Å². The summed E-state index contributed by atoms with van der Waals surface area (Å²) in [5.74, 6) is -8.57. The Bertz CT molecular complexity index is 2930. The number of carbonyl (C=O) groups excluding carboxylic acids is 11. The van der Waals surface area contributed by atoms with Gasteiger partial charge < -0.3 is 69.7 Å². The van der Waals surface area contributed by atoms with Crippen molar-refractivity contribution in [2.75, 3.05) is 94.9 Å². The molecule has 2 heterocycles. The summed E-state index contributed by atoms with van der Waals surface area (Å²) in [7, 11) is 8.51. The molecule has 1 aromatic carbocycles. The molecule has 1 aliphatic carbocycles. The third-order valence-corrected chi connectivity index (χ3v) is 19.5. The first-order valence-electron chi connectivity index (χ1n) is 34.0. The highest BCUT2D eigenvalue weighted by Gasteiger charge is 2.49. The molecule has 97 heavy (non-hydrogen) atoms. The summed E-state index contributed by atoms with van der Waals surface area (Å²) < 4.78 is 53.2. The zero-order valence-corrected chi connectivity index (χ0v) is 60.8. The summed E-state index contributed by atoms with van der Waals surface area (Å²) in [6.45, 7) is 16.6. The lowest BCUT2D eigenvalue weighted by molar-refractivity contribution is -0.161.